The summed E-state index contributed by atoms with van der Waals surface area (Å²) in [5, 5.41) is 5.15. The maximum Gasteiger partial charge on any atom is 0.225 e. The highest BCUT2D eigenvalue weighted by molar-refractivity contribution is 5.93. The van der Waals surface area contributed by atoms with E-state index in [0.717, 1.165) is 0 Å². The van der Waals surface area contributed by atoms with Gasteiger partial charge in [-0.05, 0) is 60.4 Å². The standard InChI is InChI=1S/C26H24F6N4O2/c27-19-11-23(31)21(29)7-13(19)5-15(33)9-25(37)35-17-1-2-18(4-3-17)36-26(38)10-16(34)6-14-8-22(30)24(32)12-20(14)28/h1-4,7-8,11-12,15-16H,5-6,9-10,33-34H2,(H,35,37)(H,36,38)/t15-,16+. The van der Waals surface area contributed by atoms with Crippen LogP contribution in [0.3, 0.4) is 0 Å². The minimum Gasteiger partial charge on any atom is -0.327 e. The van der Waals surface area contributed by atoms with Crippen LogP contribution in [0.2, 0.25) is 0 Å². The fourth-order valence-corrected chi connectivity index (χ4v) is 3.69. The molecule has 0 unspecified atom stereocenters. The van der Waals surface area contributed by atoms with Crippen LogP contribution in [-0.4, -0.2) is 23.9 Å². The van der Waals surface area contributed by atoms with Gasteiger partial charge in [0.1, 0.15) is 11.6 Å². The molecule has 0 spiro atoms. The van der Waals surface area contributed by atoms with Crippen LogP contribution < -0.4 is 22.1 Å². The Morgan fingerprint density at radius 3 is 1.24 bits per heavy atom. The van der Waals surface area contributed by atoms with Crippen molar-refractivity contribution >= 4 is 23.2 Å². The van der Waals surface area contributed by atoms with Crippen molar-refractivity contribution in [3.8, 4) is 0 Å². The van der Waals surface area contributed by atoms with E-state index >= 15 is 0 Å². The van der Waals surface area contributed by atoms with Crippen LogP contribution in [0.5, 0.6) is 0 Å². The number of amides is 2. The molecule has 0 saturated heterocycles. The van der Waals surface area contributed by atoms with Gasteiger partial charge in [0.2, 0.25) is 11.8 Å². The van der Waals surface area contributed by atoms with Gasteiger partial charge in [-0.3, -0.25) is 9.59 Å². The lowest BCUT2D eigenvalue weighted by Crippen LogP contribution is -2.29. The van der Waals surface area contributed by atoms with E-state index in [2.05, 4.69) is 10.6 Å². The zero-order chi connectivity index (χ0) is 28.0. The molecule has 12 heteroatoms. The number of nitrogens with one attached hydrogen (secondary N) is 2. The molecular weight excluding hydrogens is 514 g/mol. The van der Waals surface area contributed by atoms with Crippen molar-refractivity contribution in [1.82, 2.24) is 0 Å². The average Bonchev–Trinajstić information content (AvgIpc) is 2.82. The monoisotopic (exact) mass is 538 g/mol. The number of nitrogens with two attached hydrogens (primary N) is 2. The molecule has 0 aliphatic rings. The molecular formula is C26H24F6N4O2. The van der Waals surface area contributed by atoms with Crippen molar-refractivity contribution in [1.29, 1.82) is 0 Å². The third kappa shape index (κ3) is 8.05. The lowest BCUT2D eigenvalue weighted by molar-refractivity contribution is -0.117. The number of benzene rings is 3. The fourth-order valence-electron chi connectivity index (χ4n) is 3.69. The van der Waals surface area contributed by atoms with Crippen LogP contribution >= 0.6 is 0 Å². The summed E-state index contributed by atoms with van der Waals surface area (Å²) in [6.07, 6.45) is -0.834. The number of hydrogen-bond acceptors (Lipinski definition) is 4. The van der Waals surface area contributed by atoms with Crippen LogP contribution in [-0.2, 0) is 22.4 Å². The predicted molar refractivity (Wildman–Crippen MR) is 129 cm³/mol. The summed E-state index contributed by atoms with van der Waals surface area (Å²) in [6.45, 7) is 0. The van der Waals surface area contributed by atoms with E-state index in [1.54, 1.807) is 0 Å². The summed E-state index contributed by atoms with van der Waals surface area (Å²) in [7, 11) is 0. The molecule has 2 amide bonds. The Bertz CT molecular complexity index is 1220. The summed E-state index contributed by atoms with van der Waals surface area (Å²) in [5.41, 5.74) is 12.1. The zero-order valence-electron chi connectivity index (χ0n) is 19.8. The summed E-state index contributed by atoms with van der Waals surface area (Å²) in [5.74, 6) is -8.02. The van der Waals surface area contributed by atoms with Crippen LogP contribution in [0.15, 0.2) is 48.5 Å². The van der Waals surface area contributed by atoms with Gasteiger partial charge in [-0.2, -0.15) is 0 Å². The molecule has 202 valence electrons. The van der Waals surface area contributed by atoms with Crippen molar-refractivity contribution in [2.24, 2.45) is 11.5 Å². The molecule has 38 heavy (non-hydrogen) atoms. The maximum absolute atomic E-state index is 13.8. The van der Waals surface area contributed by atoms with Gasteiger partial charge in [0, 0.05) is 48.4 Å². The molecule has 3 rings (SSSR count). The van der Waals surface area contributed by atoms with Gasteiger partial charge < -0.3 is 22.1 Å². The van der Waals surface area contributed by atoms with Gasteiger partial charge in [0.05, 0.1) is 0 Å². The number of anilines is 2. The van der Waals surface area contributed by atoms with E-state index in [1.165, 1.54) is 24.3 Å². The third-order valence-corrected chi connectivity index (χ3v) is 5.49. The molecule has 0 aromatic heterocycles. The number of halogens is 6. The minimum absolute atomic E-state index is 0.154. The van der Waals surface area contributed by atoms with Crippen molar-refractivity contribution in [2.45, 2.75) is 37.8 Å². The van der Waals surface area contributed by atoms with Crippen LogP contribution in [0.1, 0.15) is 24.0 Å². The second-order valence-corrected chi connectivity index (χ2v) is 8.73. The van der Waals surface area contributed by atoms with Gasteiger partial charge >= 0.3 is 0 Å². The smallest absolute Gasteiger partial charge is 0.225 e. The topological polar surface area (TPSA) is 110 Å². The maximum atomic E-state index is 13.8. The number of hydrogen-bond donors (Lipinski definition) is 4. The highest BCUT2D eigenvalue weighted by Crippen LogP contribution is 2.19. The first-order valence-corrected chi connectivity index (χ1v) is 11.4. The molecule has 3 aromatic rings. The molecule has 3 aromatic carbocycles. The van der Waals surface area contributed by atoms with Gasteiger partial charge in [-0.25, -0.2) is 26.3 Å². The van der Waals surface area contributed by atoms with Crippen molar-refractivity contribution in [2.75, 3.05) is 10.6 Å². The summed E-state index contributed by atoms with van der Waals surface area (Å²) in [6, 6.07) is 6.46. The van der Waals surface area contributed by atoms with Gasteiger partial charge in [-0.1, -0.05) is 0 Å². The largest absolute Gasteiger partial charge is 0.327 e. The first-order valence-electron chi connectivity index (χ1n) is 11.4. The Hall–Kier alpha value is -3.90. The molecule has 0 saturated carbocycles. The molecule has 0 fully saturated rings. The second-order valence-electron chi connectivity index (χ2n) is 8.73. The molecule has 6 N–H and O–H groups in total. The number of rotatable bonds is 10. The fraction of sp³-hybridized carbons (Fsp3) is 0.231. The first kappa shape index (κ1) is 28.7. The minimum atomic E-state index is -1.32. The lowest BCUT2D eigenvalue weighted by Gasteiger charge is -2.14. The quantitative estimate of drug-likeness (QED) is 0.228. The Kier molecular flexibility index (Phi) is 9.48. The van der Waals surface area contributed by atoms with E-state index in [4.69, 9.17) is 11.5 Å². The zero-order valence-corrected chi connectivity index (χ0v) is 19.8. The number of carbonyl (C=O) groups is 2. The van der Waals surface area contributed by atoms with Crippen LogP contribution in [0, 0.1) is 34.9 Å². The van der Waals surface area contributed by atoms with E-state index in [9.17, 15) is 35.9 Å². The third-order valence-electron chi connectivity index (χ3n) is 5.49. The summed E-state index contributed by atoms with van der Waals surface area (Å²) < 4.78 is 80.3. The Morgan fingerprint density at radius 1 is 0.579 bits per heavy atom. The van der Waals surface area contributed by atoms with Crippen molar-refractivity contribution in [3.63, 3.8) is 0 Å². The highest BCUT2D eigenvalue weighted by Gasteiger charge is 2.17. The molecule has 0 heterocycles. The molecule has 0 aliphatic carbocycles. The average molecular weight is 538 g/mol. The summed E-state index contributed by atoms with van der Waals surface area (Å²) >= 11 is 0. The van der Waals surface area contributed by atoms with Gasteiger partial charge in [-0.15, -0.1) is 0 Å². The highest BCUT2D eigenvalue weighted by atomic mass is 19.2. The van der Waals surface area contributed by atoms with E-state index < -0.39 is 58.8 Å². The molecule has 0 radical (unpaired) electrons. The lowest BCUT2D eigenvalue weighted by atomic mass is 10.0. The van der Waals surface area contributed by atoms with E-state index in [1.807, 2.05) is 0 Å². The molecule has 6 nitrogen and oxygen atoms in total. The molecule has 0 aliphatic heterocycles. The Morgan fingerprint density at radius 2 is 0.895 bits per heavy atom. The molecule has 2 atom stereocenters. The van der Waals surface area contributed by atoms with E-state index in [0.29, 0.717) is 35.6 Å². The van der Waals surface area contributed by atoms with Crippen LogP contribution in [0.4, 0.5) is 37.7 Å². The van der Waals surface area contributed by atoms with Gasteiger partial charge in [0.15, 0.2) is 23.3 Å². The van der Waals surface area contributed by atoms with E-state index in [-0.39, 0.29) is 36.8 Å². The second kappa shape index (κ2) is 12.6. The van der Waals surface area contributed by atoms with Crippen LogP contribution in [0.25, 0.3) is 0 Å². The Balaban J connectivity index is 1.47. The van der Waals surface area contributed by atoms with Crippen molar-refractivity contribution < 1.29 is 35.9 Å². The van der Waals surface area contributed by atoms with Crippen molar-refractivity contribution in [3.05, 3.63) is 94.6 Å². The normalized spacial score (nSPS) is 12.6. The first-order chi connectivity index (χ1) is 17.9. The SMILES string of the molecule is N[C@H](CC(=O)Nc1ccc(NC(=O)C[C@H](N)Cc2cc(F)c(F)cc2F)cc1)Cc1cc(F)c(F)cc1F. The molecule has 0 bridgehead atoms. The van der Waals surface area contributed by atoms with Gasteiger partial charge in [0.25, 0.3) is 0 Å². The Labute approximate surface area is 214 Å². The summed E-state index contributed by atoms with van der Waals surface area (Å²) in [4.78, 5) is 24.5. The predicted octanol–water partition coefficient (Wildman–Crippen LogP) is 4.32. The number of carbonyl (C=O) groups excluding carboxylic acids is 2.